The Morgan fingerprint density at radius 3 is 2.71 bits per heavy atom. The third kappa shape index (κ3) is 3.41. The molecule has 0 amide bonds. The minimum absolute atomic E-state index is 0.148. The summed E-state index contributed by atoms with van der Waals surface area (Å²) in [6.07, 6.45) is 2.47. The molecule has 1 aromatic carbocycles. The first kappa shape index (κ1) is 11.3. The highest BCUT2D eigenvalue weighted by atomic mass is 16.1. The van der Waals surface area contributed by atoms with Crippen molar-refractivity contribution in [3.8, 4) is 0 Å². The molecule has 2 N–H and O–H groups in total. The van der Waals surface area contributed by atoms with Crippen LogP contribution in [0.4, 0.5) is 5.69 Å². The van der Waals surface area contributed by atoms with Crippen LogP contribution in [0.3, 0.4) is 0 Å². The average Bonchev–Trinajstić information content (AvgIpc) is 2.30. The maximum atomic E-state index is 11.8. The van der Waals surface area contributed by atoms with Gasteiger partial charge in [-0.1, -0.05) is 18.2 Å². The van der Waals surface area contributed by atoms with Crippen molar-refractivity contribution in [3.63, 3.8) is 0 Å². The monoisotopic (exact) mass is 226 g/mol. The van der Waals surface area contributed by atoms with E-state index in [1.807, 2.05) is 42.5 Å². The molecule has 17 heavy (non-hydrogen) atoms. The topological polar surface area (TPSA) is 56.0 Å². The second-order valence-corrected chi connectivity index (χ2v) is 3.96. The molecule has 3 heteroatoms. The van der Waals surface area contributed by atoms with Crippen molar-refractivity contribution < 1.29 is 4.79 Å². The molecule has 3 nitrogen and oxygen atoms in total. The van der Waals surface area contributed by atoms with Gasteiger partial charge in [-0.2, -0.15) is 0 Å². The number of anilines is 1. The Hall–Kier alpha value is -2.16. The van der Waals surface area contributed by atoms with Gasteiger partial charge in [0.1, 0.15) is 5.78 Å². The fourth-order valence-corrected chi connectivity index (χ4v) is 1.70. The summed E-state index contributed by atoms with van der Waals surface area (Å²) in [5.74, 6) is 0.148. The predicted molar refractivity (Wildman–Crippen MR) is 67.5 cm³/mol. The SMILES string of the molecule is Nc1cccc(CC(=O)Cc2ccccn2)c1. The van der Waals surface area contributed by atoms with E-state index < -0.39 is 0 Å². The molecule has 0 saturated carbocycles. The molecule has 0 unspecified atom stereocenters. The van der Waals surface area contributed by atoms with Crippen molar-refractivity contribution in [2.45, 2.75) is 12.8 Å². The van der Waals surface area contributed by atoms with Gasteiger partial charge in [-0.3, -0.25) is 9.78 Å². The van der Waals surface area contributed by atoms with Crippen LogP contribution >= 0.6 is 0 Å². The highest BCUT2D eigenvalue weighted by Crippen LogP contribution is 2.08. The second-order valence-electron chi connectivity index (χ2n) is 3.96. The molecule has 1 heterocycles. The molecule has 2 aromatic rings. The van der Waals surface area contributed by atoms with E-state index >= 15 is 0 Å². The summed E-state index contributed by atoms with van der Waals surface area (Å²) in [5, 5.41) is 0. The van der Waals surface area contributed by atoms with E-state index in [4.69, 9.17) is 5.73 Å². The number of nitrogen functional groups attached to an aromatic ring is 1. The van der Waals surface area contributed by atoms with Crippen molar-refractivity contribution in [2.75, 3.05) is 5.73 Å². The van der Waals surface area contributed by atoms with Gasteiger partial charge in [-0.15, -0.1) is 0 Å². The Labute approximate surface area is 100 Å². The molecular weight excluding hydrogens is 212 g/mol. The van der Waals surface area contributed by atoms with Gasteiger partial charge >= 0.3 is 0 Å². The van der Waals surface area contributed by atoms with Crippen LogP contribution in [0.25, 0.3) is 0 Å². The van der Waals surface area contributed by atoms with Crippen LogP contribution in [0.5, 0.6) is 0 Å². The predicted octanol–water partition coefficient (Wildman–Crippen LogP) is 2.02. The molecule has 0 aliphatic rings. The van der Waals surface area contributed by atoms with E-state index in [0.717, 1.165) is 11.3 Å². The summed E-state index contributed by atoms with van der Waals surface area (Å²) in [6, 6.07) is 13.0. The van der Waals surface area contributed by atoms with Crippen LogP contribution in [-0.2, 0) is 17.6 Å². The van der Waals surface area contributed by atoms with Crippen LogP contribution in [0.15, 0.2) is 48.7 Å². The number of pyridine rings is 1. The molecule has 0 fully saturated rings. The standard InChI is InChI=1S/C14H14N2O/c15-12-5-3-4-11(8-12)9-14(17)10-13-6-1-2-7-16-13/h1-8H,9-10,15H2. The molecule has 0 aliphatic heterocycles. The van der Waals surface area contributed by atoms with E-state index in [1.165, 1.54) is 0 Å². The number of carbonyl (C=O) groups excluding carboxylic acids is 1. The highest BCUT2D eigenvalue weighted by Gasteiger charge is 2.05. The lowest BCUT2D eigenvalue weighted by molar-refractivity contribution is -0.117. The van der Waals surface area contributed by atoms with Crippen molar-refractivity contribution in [1.29, 1.82) is 0 Å². The van der Waals surface area contributed by atoms with E-state index in [2.05, 4.69) is 4.98 Å². The van der Waals surface area contributed by atoms with E-state index in [1.54, 1.807) is 6.20 Å². The Kier molecular flexibility index (Phi) is 3.50. The largest absolute Gasteiger partial charge is 0.399 e. The van der Waals surface area contributed by atoms with Gasteiger partial charge in [0.15, 0.2) is 0 Å². The Bertz CT molecular complexity index is 509. The summed E-state index contributed by atoms with van der Waals surface area (Å²) in [4.78, 5) is 15.9. The number of nitrogens with two attached hydrogens (primary N) is 1. The van der Waals surface area contributed by atoms with E-state index in [0.29, 0.717) is 18.5 Å². The molecule has 0 saturated heterocycles. The molecular formula is C14H14N2O. The van der Waals surface area contributed by atoms with Gasteiger partial charge < -0.3 is 5.73 Å². The lowest BCUT2D eigenvalue weighted by Crippen LogP contribution is -2.07. The normalized spacial score (nSPS) is 10.1. The van der Waals surface area contributed by atoms with E-state index in [-0.39, 0.29) is 5.78 Å². The second kappa shape index (κ2) is 5.25. The smallest absolute Gasteiger partial charge is 0.143 e. The van der Waals surface area contributed by atoms with Gasteiger partial charge in [0.05, 0.1) is 0 Å². The third-order valence-corrected chi connectivity index (χ3v) is 2.46. The van der Waals surface area contributed by atoms with Gasteiger partial charge in [-0.25, -0.2) is 0 Å². The molecule has 86 valence electrons. The van der Waals surface area contributed by atoms with Crippen molar-refractivity contribution in [2.24, 2.45) is 0 Å². The van der Waals surface area contributed by atoms with Crippen molar-refractivity contribution in [3.05, 3.63) is 59.9 Å². The van der Waals surface area contributed by atoms with Crippen LogP contribution < -0.4 is 5.73 Å². The maximum absolute atomic E-state index is 11.8. The minimum Gasteiger partial charge on any atom is -0.399 e. The number of hydrogen-bond donors (Lipinski definition) is 1. The van der Waals surface area contributed by atoms with Crippen LogP contribution in [-0.4, -0.2) is 10.8 Å². The van der Waals surface area contributed by atoms with E-state index in [9.17, 15) is 4.79 Å². The molecule has 0 atom stereocenters. The number of hydrogen-bond acceptors (Lipinski definition) is 3. The number of nitrogens with zero attached hydrogens (tertiary/aromatic N) is 1. The summed E-state index contributed by atoms with van der Waals surface area (Å²) in [7, 11) is 0. The Morgan fingerprint density at radius 1 is 1.12 bits per heavy atom. The number of benzene rings is 1. The summed E-state index contributed by atoms with van der Waals surface area (Å²) < 4.78 is 0. The number of rotatable bonds is 4. The van der Waals surface area contributed by atoms with Crippen LogP contribution in [0.2, 0.25) is 0 Å². The fraction of sp³-hybridized carbons (Fsp3) is 0.143. The Balaban J connectivity index is 1.98. The first-order valence-electron chi connectivity index (χ1n) is 5.50. The summed E-state index contributed by atoms with van der Waals surface area (Å²) in [5.41, 5.74) is 8.11. The van der Waals surface area contributed by atoms with Crippen LogP contribution in [0, 0.1) is 0 Å². The van der Waals surface area contributed by atoms with Gasteiger partial charge in [-0.05, 0) is 29.8 Å². The first-order valence-corrected chi connectivity index (χ1v) is 5.50. The number of aromatic nitrogens is 1. The quantitative estimate of drug-likeness (QED) is 0.811. The summed E-state index contributed by atoms with van der Waals surface area (Å²) >= 11 is 0. The lowest BCUT2D eigenvalue weighted by atomic mass is 10.1. The van der Waals surface area contributed by atoms with Gasteiger partial charge in [0, 0.05) is 30.4 Å². The molecule has 2 rings (SSSR count). The van der Waals surface area contributed by atoms with Gasteiger partial charge in [0.25, 0.3) is 0 Å². The van der Waals surface area contributed by atoms with Crippen molar-refractivity contribution in [1.82, 2.24) is 4.98 Å². The number of Topliss-reactive ketones (excluding diaryl/α,β-unsaturated/α-hetero) is 1. The minimum atomic E-state index is 0.148. The molecule has 0 spiro atoms. The average molecular weight is 226 g/mol. The highest BCUT2D eigenvalue weighted by molar-refractivity contribution is 5.82. The zero-order valence-electron chi connectivity index (χ0n) is 9.47. The first-order chi connectivity index (χ1) is 8.24. The zero-order chi connectivity index (χ0) is 12.1. The molecule has 0 aliphatic carbocycles. The number of ketones is 1. The zero-order valence-corrected chi connectivity index (χ0v) is 9.47. The van der Waals surface area contributed by atoms with Crippen LogP contribution in [0.1, 0.15) is 11.3 Å². The third-order valence-electron chi connectivity index (χ3n) is 2.46. The lowest BCUT2D eigenvalue weighted by Gasteiger charge is -2.02. The molecule has 0 radical (unpaired) electrons. The Morgan fingerprint density at radius 2 is 2.00 bits per heavy atom. The number of carbonyl (C=O) groups is 1. The molecule has 0 bridgehead atoms. The fourth-order valence-electron chi connectivity index (χ4n) is 1.70. The maximum Gasteiger partial charge on any atom is 0.143 e. The van der Waals surface area contributed by atoms with Gasteiger partial charge in [0.2, 0.25) is 0 Å². The van der Waals surface area contributed by atoms with Crippen molar-refractivity contribution >= 4 is 11.5 Å². The summed E-state index contributed by atoms with van der Waals surface area (Å²) in [6.45, 7) is 0. The molecule has 1 aromatic heterocycles.